The van der Waals surface area contributed by atoms with Gasteiger partial charge in [-0.25, -0.2) is 0 Å². The van der Waals surface area contributed by atoms with Crippen LogP contribution in [0.5, 0.6) is 5.75 Å². The molecule has 3 aromatic carbocycles. The molecule has 1 N–H and O–H groups in total. The standard InChI is InChI=1S/C24H22N2O2/c1-16-5-4-6-17(2)23(16)26-24(27)18(3)28-22-13-11-21(12-14-22)20-9-7-19(15-25)8-10-20/h4-14,18H,1-3H3,(H,26,27). The summed E-state index contributed by atoms with van der Waals surface area (Å²) < 4.78 is 5.80. The Morgan fingerprint density at radius 2 is 1.46 bits per heavy atom. The topological polar surface area (TPSA) is 62.1 Å². The number of hydrogen-bond acceptors (Lipinski definition) is 3. The number of nitrogens with zero attached hydrogens (tertiary/aromatic N) is 1. The molecule has 0 fully saturated rings. The molecular formula is C24H22N2O2. The molecule has 0 radical (unpaired) electrons. The highest BCUT2D eigenvalue weighted by Crippen LogP contribution is 2.24. The highest BCUT2D eigenvalue weighted by atomic mass is 16.5. The number of para-hydroxylation sites is 1. The Bertz CT molecular complexity index is 996. The van der Waals surface area contributed by atoms with E-state index in [1.807, 2.05) is 68.4 Å². The van der Waals surface area contributed by atoms with Gasteiger partial charge in [0.1, 0.15) is 5.75 Å². The maximum Gasteiger partial charge on any atom is 0.265 e. The Balaban J connectivity index is 1.66. The van der Waals surface area contributed by atoms with Crippen molar-refractivity contribution in [2.75, 3.05) is 5.32 Å². The molecule has 0 aliphatic rings. The first-order chi connectivity index (χ1) is 13.5. The first kappa shape index (κ1) is 19.2. The summed E-state index contributed by atoms with van der Waals surface area (Å²) in [4.78, 5) is 12.5. The highest BCUT2D eigenvalue weighted by molar-refractivity contribution is 5.95. The molecule has 0 aromatic heterocycles. The van der Waals surface area contributed by atoms with Crippen LogP contribution in [0.1, 0.15) is 23.6 Å². The Kier molecular flexibility index (Phi) is 5.76. The number of aryl methyl sites for hydroxylation is 2. The number of ether oxygens (including phenoxy) is 1. The second-order valence-corrected chi connectivity index (χ2v) is 6.73. The average Bonchev–Trinajstić information content (AvgIpc) is 2.71. The predicted molar refractivity (Wildman–Crippen MR) is 111 cm³/mol. The van der Waals surface area contributed by atoms with Gasteiger partial charge in [0.15, 0.2) is 6.10 Å². The molecule has 1 amide bonds. The minimum Gasteiger partial charge on any atom is -0.481 e. The molecule has 0 saturated carbocycles. The molecule has 140 valence electrons. The molecule has 1 unspecified atom stereocenters. The van der Waals surface area contributed by atoms with E-state index in [1.54, 1.807) is 19.1 Å². The second kappa shape index (κ2) is 8.41. The molecule has 4 nitrogen and oxygen atoms in total. The van der Waals surface area contributed by atoms with E-state index in [-0.39, 0.29) is 5.91 Å². The van der Waals surface area contributed by atoms with Crippen LogP contribution in [0.3, 0.4) is 0 Å². The van der Waals surface area contributed by atoms with Gasteiger partial charge in [0.25, 0.3) is 5.91 Å². The number of amides is 1. The molecular weight excluding hydrogens is 348 g/mol. The third kappa shape index (κ3) is 4.39. The lowest BCUT2D eigenvalue weighted by Gasteiger charge is -2.17. The van der Waals surface area contributed by atoms with Crippen molar-refractivity contribution in [1.82, 2.24) is 0 Å². The molecule has 0 heterocycles. The number of nitrogens with one attached hydrogen (secondary N) is 1. The lowest BCUT2D eigenvalue weighted by molar-refractivity contribution is -0.122. The molecule has 1 atom stereocenters. The lowest BCUT2D eigenvalue weighted by atomic mass is 10.0. The smallest absolute Gasteiger partial charge is 0.265 e. The van der Waals surface area contributed by atoms with Crippen molar-refractivity contribution < 1.29 is 9.53 Å². The maximum atomic E-state index is 12.5. The van der Waals surface area contributed by atoms with Crippen LogP contribution in [0.25, 0.3) is 11.1 Å². The SMILES string of the molecule is Cc1cccc(C)c1NC(=O)C(C)Oc1ccc(-c2ccc(C#N)cc2)cc1. The number of carbonyl (C=O) groups is 1. The Morgan fingerprint density at radius 1 is 0.929 bits per heavy atom. The normalized spacial score (nSPS) is 11.4. The van der Waals surface area contributed by atoms with Gasteiger partial charge in [-0.1, -0.05) is 42.5 Å². The third-order valence-corrected chi connectivity index (χ3v) is 4.61. The third-order valence-electron chi connectivity index (χ3n) is 4.61. The van der Waals surface area contributed by atoms with Crippen LogP contribution in [-0.4, -0.2) is 12.0 Å². The van der Waals surface area contributed by atoms with Crippen LogP contribution >= 0.6 is 0 Å². The lowest BCUT2D eigenvalue weighted by Crippen LogP contribution is -2.30. The summed E-state index contributed by atoms with van der Waals surface area (Å²) in [5.74, 6) is 0.440. The molecule has 3 aromatic rings. The number of rotatable bonds is 5. The first-order valence-corrected chi connectivity index (χ1v) is 9.12. The summed E-state index contributed by atoms with van der Waals surface area (Å²) in [7, 11) is 0. The van der Waals surface area contributed by atoms with Crippen molar-refractivity contribution in [3.05, 3.63) is 83.4 Å². The Labute approximate surface area is 165 Å². The summed E-state index contributed by atoms with van der Waals surface area (Å²) in [6, 6.07) is 23.0. The van der Waals surface area contributed by atoms with Gasteiger partial charge in [0.2, 0.25) is 0 Å². The van der Waals surface area contributed by atoms with Crippen LogP contribution in [0.2, 0.25) is 0 Å². The van der Waals surface area contributed by atoms with Crippen LogP contribution in [0.15, 0.2) is 66.7 Å². The van der Waals surface area contributed by atoms with E-state index in [9.17, 15) is 4.79 Å². The minimum atomic E-state index is -0.625. The zero-order valence-corrected chi connectivity index (χ0v) is 16.2. The monoisotopic (exact) mass is 370 g/mol. The fourth-order valence-electron chi connectivity index (χ4n) is 2.96. The summed E-state index contributed by atoms with van der Waals surface area (Å²) in [5.41, 5.74) is 5.54. The van der Waals surface area contributed by atoms with Gasteiger partial charge in [-0.3, -0.25) is 4.79 Å². The average molecular weight is 370 g/mol. The molecule has 0 aliphatic carbocycles. The van der Waals surface area contributed by atoms with E-state index >= 15 is 0 Å². The van der Waals surface area contributed by atoms with E-state index in [2.05, 4.69) is 11.4 Å². The molecule has 28 heavy (non-hydrogen) atoms. The van der Waals surface area contributed by atoms with Crippen LogP contribution in [-0.2, 0) is 4.79 Å². The number of benzene rings is 3. The van der Waals surface area contributed by atoms with Gasteiger partial charge in [-0.15, -0.1) is 0 Å². The van der Waals surface area contributed by atoms with E-state index in [1.165, 1.54) is 0 Å². The summed E-state index contributed by atoms with van der Waals surface area (Å²) >= 11 is 0. The Morgan fingerprint density at radius 3 is 2.00 bits per heavy atom. The van der Waals surface area contributed by atoms with Gasteiger partial charge in [-0.05, 0) is 67.3 Å². The van der Waals surface area contributed by atoms with Crippen LogP contribution < -0.4 is 10.1 Å². The van der Waals surface area contributed by atoms with Crippen LogP contribution in [0, 0.1) is 25.2 Å². The molecule has 0 saturated heterocycles. The summed E-state index contributed by atoms with van der Waals surface area (Å²) in [5, 5.41) is 11.8. The minimum absolute atomic E-state index is 0.187. The molecule has 0 bridgehead atoms. The number of anilines is 1. The summed E-state index contributed by atoms with van der Waals surface area (Å²) in [6.07, 6.45) is -0.625. The van der Waals surface area contributed by atoms with Gasteiger partial charge >= 0.3 is 0 Å². The molecule has 0 spiro atoms. The van der Waals surface area contributed by atoms with Crippen molar-refractivity contribution in [2.45, 2.75) is 26.9 Å². The van der Waals surface area contributed by atoms with Crippen molar-refractivity contribution >= 4 is 11.6 Å². The highest BCUT2D eigenvalue weighted by Gasteiger charge is 2.16. The quantitative estimate of drug-likeness (QED) is 0.667. The van der Waals surface area contributed by atoms with Crippen molar-refractivity contribution in [3.63, 3.8) is 0 Å². The first-order valence-electron chi connectivity index (χ1n) is 9.12. The second-order valence-electron chi connectivity index (χ2n) is 6.73. The van der Waals surface area contributed by atoms with Crippen LogP contribution in [0.4, 0.5) is 5.69 Å². The molecule has 3 rings (SSSR count). The van der Waals surface area contributed by atoms with E-state index < -0.39 is 6.10 Å². The van der Waals surface area contributed by atoms with E-state index in [0.717, 1.165) is 27.9 Å². The van der Waals surface area contributed by atoms with Crippen molar-refractivity contribution in [1.29, 1.82) is 5.26 Å². The molecule has 0 aliphatic heterocycles. The largest absolute Gasteiger partial charge is 0.481 e. The number of nitriles is 1. The molecule has 4 heteroatoms. The number of carbonyl (C=O) groups excluding carboxylic acids is 1. The van der Waals surface area contributed by atoms with E-state index in [4.69, 9.17) is 10.00 Å². The zero-order valence-electron chi connectivity index (χ0n) is 16.2. The Hall–Kier alpha value is -3.58. The fraction of sp³-hybridized carbons (Fsp3) is 0.167. The fourth-order valence-corrected chi connectivity index (χ4v) is 2.96. The van der Waals surface area contributed by atoms with Gasteiger partial charge in [0, 0.05) is 5.69 Å². The van der Waals surface area contributed by atoms with Crippen molar-refractivity contribution in [2.24, 2.45) is 0 Å². The number of hydrogen-bond donors (Lipinski definition) is 1. The summed E-state index contributed by atoms with van der Waals surface area (Å²) in [6.45, 7) is 5.67. The van der Waals surface area contributed by atoms with Gasteiger partial charge in [-0.2, -0.15) is 5.26 Å². The van der Waals surface area contributed by atoms with Crippen molar-refractivity contribution in [3.8, 4) is 22.9 Å². The predicted octanol–water partition coefficient (Wildman–Crippen LogP) is 5.25. The van der Waals surface area contributed by atoms with E-state index in [0.29, 0.717) is 11.3 Å². The van der Waals surface area contributed by atoms with Gasteiger partial charge in [0.05, 0.1) is 11.6 Å². The maximum absolute atomic E-state index is 12.5. The van der Waals surface area contributed by atoms with Gasteiger partial charge < -0.3 is 10.1 Å². The zero-order chi connectivity index (χ0) is 20.1.